The van der Waals surface area contributed by atoms with Crippen LogP contribution >= 0.6 is 0 Å². The quantitative estimate of drug-likeness (QED) is 0.356. The van der Waals surface area contributed by atoms with Crippen molar-refractivity contribution in [2.45, 2.75) is 64.4 Å². The standard InChI is InChI=1S/C16H28O2/c1-3-5-6-7-8-9-12-15(4-2)16(18)13-10-11-14-17/h4,15-18H,2-3,5-8,10-11,13-14H2,1H3. The van der Waals surface area contributed by atoms with Crippen LogP contribution in [0.5, 0.6) is 0 Å². The van der Waals surface area contributed by atoms with Gasteiger partial charge in [-0.25, -0.2) is 0 Å². The van der Waals surface area contributed by atoms with Gasteiger partial charge in [-0.1, -0.05) is 38.2 Å². The van der Waals surface area contributed by atoms with E-state index < -0.39 is 6.10 Å². The molecule has 2 heteroatoms. The molecule has 0 aliphatic carbocycles. The molecule has 2 unspecified atom stereocenters. The second-order valence-corrected chi connectivity index (χ2v) is 4.68. The van der Waals surface area contributed by atoms with Crippen molar-refractivity contribution in [3.8, 4) is 11.8 Å². The third-order valence-electron chi connectivity index (χ3n) is 3.00. The van der Waals surface area contributed by atoms with Crippen molar-refractivity contribution in [3.63, 3.8) is 0 Å². The monoisotopic (exact) mass is 252 g/mol. The van der Waals surface area contributed by atoms with E-state index in [4.69, 9.17) is 5.11 Å². The fraction of sp³-hybridized carbons (Fsp3) is 0.750. The van der Waals surface area contributed by atoms with Crippen LogP contribution in [0, 0.1) is 17.8 Å². The van der Waals surface area contributed by atoms with Crippen molar-refractivity contribution >= 4 is 0 Å². The van der Waals surface area contributed by atoms with Gasteiger partial charge in [-0.2, -0.15) is 0 Å². The van der Waals surface area contributed by atoms with E-state index in [1.54, 1.807) is 6.08 Å². The van der Waals surface area contributed by atoms with Crippen molar-refractivity contribution in [1.82, 2.24) is 0 Å². The average Bonchev–Trinajstić information content (AvgIpc) is 2.38. The zero-order chi connectivity index (χ0) is 13.6. The van der Waals surface area contributed by atoms with Crippen LogP contribution < -0.4 is 0 Å². The summed E-state index contributed by atoms with van der Waals surface area (Å²) in [7, 11) is 0. The molecule has 2 N–H and O–H groups in total. The third kappa shape index (κ3) is 9.27. The topological polar surface area (TPSA) is 40.5 Å². The molecular weight excluding hydrogens is 224 g/mol. The zero-order valence-corrected chi connectivity index (χ0v) is 11.7. The van der Waals surface area contributed by atoms with E-state index in [2.05, 4.69) is 25.3 Å². The van der Waals surface area contributed by atoms with E-state index in [0.717, 1.165) is 25.7 Å². The Morgan fingerprint density at radius 2 is 1.94 bits per heavy atom. The van der Waals surface area contributed by atoms with Crippen LogP contribution in [0.2, 0.25) is 0 Å². The third-order valence-corrected chi connectivity index (χ3v) is 3.00. The van der Waals surface area contributed by atoms with Crippen LogP contribution in [-0.2, 0) is 0 Å². The Morgan fingerprint density at radius 3 is 2.56 bits per heavy atom. The summed E-state index contributed by atoms with van der Waals surface area (Å²) in [4.78, 5) is 0. The van der Waals surface area contributed by atoms with E-state index in [1.807, 2.05) is 0 Å². The van der Waals surface area contributed by atoms with Gasteiger partial charge in [0.1, 0.15) is 0 Å². The lowest BCUT2D eigenvalue weighted by molar-refractivity contribution is 0.136. The summed E-state index contributed by atoms with van der Waals surface area (Å²) in [6.45, 7) is 6.11. The predicted octanol–water partition coefficient (Wildman–Crippen LogP) is 3.29. The zero-order valence-electron chi connectivity index (χ0n) is 11.7. The summed E-state index contributed by atoms with van der Waals surface area (Å²) in [6.07, 6.45) is 9.35. The lowest BCUT2D eigenvalue weighted by Crippen LogP contribution is -2.17. The molecule has 0 aliphatic rings. The van der Waals surface area contributed by atoms with Crippen LogP contribution in [0.25, 0.3) is 0 Å². The molecule has 0 saturated heterocycles. The summed E-state index contributed by atoms with van der Waals surface area (Å²) in [5, 5.41) is 18.6. The van der Waals surface area contributed by atoms with Gasteiger partial charge in [0.15, 0.2) is 0 Å². The second-order valence-electron chi connectivity index (χ2n) is 4.68. The summed E-state index contributed by atoms with van der Waals surface area (Å²) in [6, 6.07) is 0. The number of rotatable bonds is 10. The molecule has 18 heavy (non-hydrogen) atoms. The van der Waals surface area contributed by atoms with Crippen molar-refractivity contribution in [3.05, 3.63) is 12.7 Å². The molecule has 0 spiro atoms. The van der Waals surface area contributed by atoms with Gasteiger partial charge in [0, 0.05) is 13.0 Å². The Kier molecular flexibility index (Phi) is 12.1. The van der Waals surface area contributed by atoms with Crippen molar-refractivity contribution in [2.24, 2.45) is 5.92 Å². The Hall–Kier alpha value is -0.780. The fourth-order valence-corrected chi connectivity index (χ4v) is 1.79. The van der Waals surface area contributed by atoms with Gasteiger partial charge in [-0.3, -0.25) is 0 Å². The number of hydrogen-bond acceptors (Lipinski definition) is 2. The Bertz CT molecular complexity index is 250. The maximum atomic E-state index is 9.92. The van der Waals surface area contributed by atoms with Crippen LogP contribution in [-0.4, -0.2) is 22.9 Å². The minimum Gasteiger partial charge on any atom is -0.396 e. The summed E-state index contributed by atoms with van der Waals surface area (Å²) in [5.41, 5.74) is 0. The molecule has 104 valence electrons. The Morgan fingerprint density at radius 1 is 1.17 bits per heavy atom. The smallest absolute Gasteiger partial charge is 0.0712 e. The molecule has 0 aromatic rings. The van der Waals surface area contributed by atoms with Gasteiger partial charge in [-0.15, -0.1) is 12.5 Å². The molecule has 0 heterocycles. The van der Waals surface area contributed by atoms with Crippen molar-refractivity contribution in [2.75, 3.05) is 6.61 Å². The van der Waals surface area contributed by atoms with Crippen LogP contribution in [0.3, 0.4) is 0 Å². The lowest BCUT2D eigenvalue weighted by atomic mass is 9.98. The number of aliphatic hydroxyl groups is 2. The van der Waals surface area contributed by atoms with Gasteiger partial charge >= 0.3 is 0 Å². The minimum absolute atomic E-state index is 0.130. The molecule has 0 fully saturated rings. The van der Waals surface area contributed by atoms with Gasteiger partial charge in [-0.05, 0) is 25.7 Å². The highest BCUT2D eigenvalue weighted by Gasteiger charge is 2.12. The molecule has 0 aromatic carbocycles. The first-order chi connectivity index (χ1) is 8.76. The van der Waals surface area contributed by atoms with Crippen LogP contribution in [0.1, 0.15) is 58.3 Å². The van der Waals surface area contributed by atoms with Crippen LogP contribution in [0.4, 0.5) is 0 Å². The number of aliphatic hydroxyl groups excluding tert-OH is 2. The fourth-order valence-electron chi connectivity index (χ4n) is 1.79. The first kappa shape index (κ1) is 17.2. The van der Waals surface area contributed by atoms with E-state index >= 15 is 0 Å². The maximum absolute atomic E-state index is 9.92. The summed E-state index contributed by atoms with van der Waals surface area (Å²) >= 11 is 0. The normalized spacial score (nSPS) is 13.5. The first-order valence-electron chi connectivity index (χ1n) is 7.16. The van der Waals surface area contributed by atoms with Gasteiger partial charge in [0.05, 0.1) is 12.0 Å². The molecule has 0 rings (SSSR count). The Labute approximate surface area is 112 Å². The minimum atomic E-state index is -0.447. The van der Waals surface area contributed by atoms with Gasteiger partial charge in [0.25, 0.3) is 0 Å². The van der Waals surface area contributed by atoms with E-state index in [0.29, 0.717) is 6.42 Å². The molecule has 0 radical (unpaired) electrons. The molecule has 0 aliphatic heterocycles. The molecule has 0 amide bonds. The highest BCUT2D eigenvalue weighted by atomic mass is 16.3. The maximum Gasteiger partial charge on any atom is 0.0712 e. The average molecular weight is 252 g/mol. The lowest BCUT2D eigenvalue weighted by Gasteiger charge is -2.13. The van der Waals surface area contributed by atoms with Crippen molar-refractivity contribution < 1.29 is 10.2 Å². The summed E-state index contributed by atoms with van der Waals surface area (Å²) < 4.78 is 0. The van der Waals surface area contributed by atoms with E-state index in [1.165, 1.54) is 19.3 Å². The van der Waals surface area contributed by atoms with Gasteiger partial charge < -0.3 is 10.2 Å². The molecular formula is C16H28O2. The highest BCUT2D eigenvalue weighted by Crippen LogP contribution is 2.11. The predicted molar refractivity (Wildman–Crippen MR) is 77.2 cm³/mol. The molecule has 2 atom stereocenters. The first-order valence-corrected chi connectivity index (χ1v) is 7.16. The number of unbranched alkanes of at least 4 members (excludes halogenated alkanes) is 5. The molecule has 2 nitrogen and oxygen atoms in total. The van der Waals surface area contributed by atoms with Crippen molar-refractivity contribution in [1.29, 1.82) is 0 Å². The van der Waals surface area contributed by atoms with E-state index in [9.17, 15) is 5.11 Å². The molecule has 0 bridgehead atoms. The SMILES string of the molecule is C=CC(C#CCCCCCC)C(O)CCCCO. The van der Waals surface area contributed by atoms with E-state index in [-0.39, 0.29) is 12.5 Å². The Balaban J connectivity index is 3.86. The van der Waals surface area contributed by atoms with Crippen LogP contribution in [0.15, 0.2) is 12.7 Å². The summed E-state index contributed by atoms with van der Waals surface area (Å²) in [5.74, 6) is 6.10. The highest BCUT2D eigenvalue weighted by molar-refractivity contribution is 5.11. The van der Waals surface area contributed by atoms with Gasteiger partial charge in [0.2, 0.25) is 0 Å². The second kappa shape index (κ2) is 12.7. The molecule has 0 aromatic heterocycles. The molecule has 0 saturated carbocycles. The number of hydrogen-bond donors (Lipinski definition) is 2. The largest absolute Gasteiger partial charge is 0.396 e.